The Bertz CT molecular complexity index is 4660. The highest BCUT2D eigenvalue weighted by atomic mass is 33.1. The van der Waals surface area contributed by atoms with Crippen LogP contribution in [0.25, 0.3) is 11.0 Å². The lowest BCUT2D eigenvalue weighted by atomic mass is 9.72. The lowest BCUT2D eigenvalue weighted by Crippen LogP contribution is -2.58. The van der Waals surface area contributed by atoms with Crippen molar-refractivity contribution >= 4 is 136 Å². The molecule has 11 unspecified atom stereocenters. The van der Waals surface area contributed by atoms with E-state index in [1.54, 1.807) is 22.7 Å². The third kappa shape index (κ3) is 29.9. The molecule has 4 aromatic rings. The number of anilines is 1. The fourth-order valence-corrected chi connectivity index (χ4v) is 19.1. The number of carbonyl (C=O) groups is 12. The van der Waals surface area contributed by atoms with E-state index in [4.69, 9.17) is 42.7 Å². The van der Waals surface area contributed by atoms with Gasteiger partial charge in [-0.3, -0.25) is 61.4 Å². The second-order valence-corrected chi connectivity index (χ2v) is 36.4. The van der Waals surface area contributed by atoms with E-state index in [1.807, 2.05) is 23.5 Å². The topological polar surface area (TPSA) is 485 Å². The highest BCUT2D eigenvalue weighted by molar-refractivity contribution is 8.76. The van der Waals surface area contributed by atoms with Crippen LogP contribution < -0.4 is 31.7 Å². The molecule has 3 saturated heterocycles. The van der Waals surface area contributed by atoms with Crippen molar-refractivity contribution in [3.05, 3.63) is 117 Å². The van der Waals surface area contributed by atoms with Crippen LogP contribution in [0, 0.1) is 24.7 Å². The van der Waals surface area contributed by atoms with E-state index in [2.05, 4.69) is 102 Å². The molecular weight excluding hydrogens is 1730 g/mol. The normalized spacial score (nSPS) is 19.5. The third-order valence-corrected chi connectivity index (χ3v) is 26.2. The summed E-state index contributed by atoms with van der Waals surface area (Å²) in [5, 5.41) is 49.6. The molecule has 0 bridgehead atoms. The number of hydrogen-bond donors (Lipinski definition) is 10. The molecule has 2 aromatic heterocycles. The summed E-state index contributed by atoms with van der Waals surface area (Å²) in [6, 6.07) is 4.81. The molecule has 126 heavy (non-hydrogen) atoms. The van der Waals surface area contributed by atoms with Crippen molar-refractivity contribution in [2.24, 2.45) is 5.92 Å². The van der Waals surface area contributed by atoms with Gasteiger partial charge in [-0.05, 0) is 131 Å². The number of benzene rings is 2. The number of carboxylic acids is 3. The van der Waals surface area contributed by atoms with Gasteiger partial charge in [0.1, 0.15) is 83.4 Å². The number of carboxylic acid groups (broad SMARTS) is 3. The first-order valence-electron chi connectivity index (χ1n) is 42.6. The monoisotopic (exact) mass is 1840 g/mol. The average Bonchev–Trinajstić information content (AvgIpc) is 1.02. The van der Waals surface area contributed by atoms with Gasteiger partial charge < -0.3 is 95.1 Å². The lowest BCUT2D eigenvalue weighted by Gasteiger charge is -2.38. The number of nitrogens with zero attached hydrogens (tertiary/aromatic N) is 6. The molecule has 13 atom stereocenters. The number of aliphatic carboxylic acids is 3. The van der Waals surface area contributed by atoms with Crippen LogP contribution >= 0.6 is 48.7 Å². The Hall–Kier alpha value is -8.85. The smallest absolute Gasteiger partial charge is 0.326 e. The van der Waals surface area contributed by atoms with Crippen LogP contribution in [0.5, 0.6) is 5.75 Å². The van der Waals surface area contributed by atoms with Gasteiger partial charge >= 0.3 is 17.9 Å². The number of ketones is 2. The SMILES string of the molecule is CC/C=C1\C=C2Oc3cc(CCC)c(C)cc3C(c3ccccc3C(=O)N(C)CCCC(=O)CCCOCCOCCC(=O)NCCCCC(NC(=O)C3CCCN3C(=O)CCSSCCC(=O)CCC#Cc3cn([C@H]4CC(O)[C@@H](COPOPOPO)O4)c4ncnc(N)c34)C(=O)N3CCCC3C(=O)NC(CC(=O)O)C(=O)NC(CC(=O)O)C(=O)O)C2C=C1C. The Morgan fingerprint density at radius 2 is 1.48 bits per heavy atom. The molecule has 7 amide bonds. The third-order valence-electron chi connectivity index (χ3n) is 22.2. The molecule has 3 fully saturated rings. The van der Waals surface area contributed by atoms with E-state index < -0.39 is 121 Å². The summed E-state index contributed by atoms with van der Waals surface area (Å²) in [7, 11) is 3.09. The number of hydrogen-bond acceptors (Lipinski definition) is 26. The van der Waals surface area contributed by atoms with Crippen molar-refractivity contribution < 1.29 is 115 Å². The number of amides is 7. The Labute approximate surface area is 745 Å². The number of rotatable bonds is 53. The van der Waals surface area contributed by atoms with Gasteiger partial charge in [0.2, 0.25) is 35.4 Å². The minimum atomic E-state index is -1.97. The van der Waals surface area contributed by atoms with E-state index in [-0.39, 0.29) is 173 Å². The Kier molecular flexibility index (Phi) is 41.6. The number of allylic oxidation sites excluding steroid dienone is 5. The predicted molar refractivity (Wildman–Crippen MR) is 476 cm³/mol. The summed E-state index contributed by atoms with van der Waals surface area (Å²) < 4.78 is 41.3. The zero-order chi connectivity index (χ0) is 90.8. The van der Waals surface area contributed by atoms with Gasteiger partial charge in [-0.25, -0.2) is 14.8 Å². The van der Waals surface area contributed by atoms with Gasteiger partial charge in [-0.15, -0.1) is 0 Å². The molecular formula is C86H116N11O24P3S2. The standard InChI is InChI=1S/C86H116N11O24P3S2/c1-6-18-54-44-69-61(42-52(54)3)78(62-43-53(4)55(19-7-2)45-70(62)118-69)59-24-10-11-25-60(59)84(110)94(5)33-14-22-57(98)23-17-36-115-38-39-116-37-29-72(101)88-32-13-12-26-63(85(111)96-35-16-28-67(96)83(109)92-64(46-75(103)104)81(107)93-65(86(112)113)47-76(105)106)91-82(108)66-27-15-34-95(66)73(102)31-41-126-125-40-30-58(99)21-9-8-20-56-49-97(80-77(56)79(87)89-51-90-80)74-48-68(100)71(119-74)50-117-123-121-124-120-122-114/h10-11,18,24-25,42-45,49,51,61,63-68,71,74,78,100,114,122-124H,6-7,9,12-17,19,21-23,26-41,46-48,50H2,1-5H3,(H,88,101)(H,91,108)(H,92,109)(H,93,107)(H,103,104)(H,105,106)(H,112,113)(H2,87,89,90)/b54-18+/t61?,63?,64?,65?,66?,67?,68?,71-,74-,78?/m1/s1. The van der Waals surface area contributed by atoms with Crippen molar-refractivity contribution in [2.75, 3.05) is 83.5 Å². The van der Waals surface area contributed by atoms with Crippen molar-refractivity contribution in [1.29, 1.82) is 0 Å². The van der Waals surface area contributed by atoms with E-state index in [0.29, 0.717) is 85.3 Å². The molecule has 0 spiro atoms. The Balaban J connectivity index is 0.690. The van der Waals surface area contributed by atoms with E-state index in [9.17, 15) is 78.0 Å². The highest BCUT2D eigenvalue weighted by Gasteiger charge is 2.44. The average molecular weight is 1840 g/mol. The molecule has 686 valence electrons. The fourth-order valence-electron chi connectivity index (χ4n) is 15.8. The number of Topliss-reactive ketones (excluding diaryl/α,β-unsaturated/α-hetero) is 2. The summed E-state index contributed by atoms with van der Waals surface area (Å²) in [5.74, 6) is -0.647. The maximum atomic E-state index is 14.7. The van der Waals surface area contributed by atoms with Crippen LogP contribution in [0.15, 0.2) is 84.1 Å². The molecule has 40 heteroatoms. The summed E-state index contributed by atoms with van der Waals surface area (Å²) in [5.41, 5.74) is 14.6. The van der Waals surface area contributed by atoms with E-state index in [0.717, 1.165) is 47.5 Å². The summed E-state index contributed by atoms with van der Waals surface area (Å²) in [4.78, 5) is 180. The highest BCUT2D eigenvalue weighted by Crippen LogP contribution is 2.51. The maximum Gasteiger partial charge on any atom is 0.326 e. The van der Waals surface area contributed by atoms with Crippen molar-refractivity contribution in [3.8, 4) is 17.6 Å². The molecule has 9 rings (SSSR count). The second kappa shape index (κ2) is 52.0. The maximum absolute atomic E-state index is 14.7. The van der Waals surface area contributed by atoms with Gasteiger partial charge in [-0.1, -0.05) is 90.1 Å². The van der Waals surface area contributed by atoms with Gasteiger partial charge in [0.05, 0.1) is 56.3 Å². The summed E-state index contributed by atoms with van der Waals surface area (Å²) in [6.45, 7) is 10.2. The zero-order valence-corrected chi connectivity index (χ0v) is 76.2. The van der Waals surface area contributed by atoms with Crippen LogP contribution in [-0.4, -0.2) is 246 Å². The quantitative estimate of drug-likeness (QED) is 0.00854. The van der Waals surface area contributed by atoms with Crippen molar-refractivity contribution in [2.45, 2.75) is 224 Å². The minimum Gasteiger partial charge on any atom is -0.481 e. The minimum absolute atomic E-state index is 0.000686. The van der Waals surface area contributed by atoms with Gasteiger partial charge in [0, 0.05) is 132 Å². The molecule has 35 nitrogen and oxygen atoms in total. The molecule has 2 aromatic carbocycles. The number of nitrogens with two attached hydrogens (primary N) is 1. The number of nitrogens with one attached hydrogen (secondary N) is 4. The number of nitrogen functional groups attached to an aromatic ring is 1. The van der Waals surface area contributed by atoms with Crippen molar-refractivity contribution in [1.82, 2.24) is 50.5 Å². The predicted octanol–water partition coefficient (Wildman–Crippen LogP) is 8.76. The number of fused-ring (bicyclic) bond motifs is 3. The molecule has 6 heterocycles. The van der Waals surface area contributed by atoms with Crippen LogP contribution in [0.4, 0.5) is 5.82 Å². The molecule has 0 radical (unpaired) electrons. The lowest BCUT2D eigenvalue weighted by molar-refractivity contribution is -0.148. The number of aromatic nitrogens is 3. The van der Waals surface area contributed by atoms with Gasteiger partial charge in [-0.2, -0.15) is 0 Å². The molecule has 4 aliphatic heterocycles. The number of unbranched alkanes of at least 4 members (excludes halogenated alkanes) is 1. The number of aliphatic hydroxyl groups is 1. The first-order valence-corrected chi connectivity index (χ1v) is 47.6. The largest absolute Gasteiger partial charge is 0.481 e. The Morgan fingerprint density at radius 1 is 0.778 bits per heavy atom. The second-order valence-electron chi connectivity index (χ2n) is 31.3. The number of carbonyl (C=O) groups excluding carboxylic acids is 9. The first kappa shape index (κ1) is 101. The van der Waals surface area contributed by atoms with Gasteiger partial charge in [0.15, 0.2) is 27.1 Å². The number of aryl methyl sites for hydroxylation is 2. The number of aliphatic hydroxyl groups excluding tert-OH is 1. The van der Waals surface area contributed by atoms with Gasteiger partial charge in [0.25, 0.3) is 5.91 Å². The number of ether oxygens (including phenoxy) is 4. The summed E-state index contributed by atoms with van der Waals surface area (Å²) in [6.07, 6.45) is 12.4. The molecule has 11 N–H and O–H groups in total. The molecule has 0 saturated carbocycles. The van der Waals surface area contributed by atoms with Crippen LogP contribution in [0.1, 0.15) is 206 Å². The molecule has 1 aliphatic carbocycles. The first-order chi connectivity index (χ1) is 60.7. The van der Waals surface area contributed by atoms with Crippen LogP contribution in [-0.2, 0) is 86.5 Å². The van der Waals surface area contributed by atoms with Crippen LogP contribution in [0.2, 0.25) is 0 Å². The zero-order valence-electron chi connectivity index (χ0n) is 71.5. The number of likely N-dealkylation sites (tertiary alicyclic amines) is 2. The Morgan fingerprint density at radius 3 is 2.21 bits per heavy atom. The van der Waals surface area contributed by atoms with Crippen LogP contribution in [0.3, 0.4) is 0 Å². The van der Waals surface area contributed by atoms with Crippen molar-refractivity contribution in [3.63, 3.8) is 0 Å². The summed E-state index contributed by atoms with van der Waals surface area (Å²) >= 11 is 0. The van der Waals surface area contributed by atoms with E-state index >= 15 is 0 Å². The van der Waals surface area contributed by atoms with E-state index in [1.165, 1.54) is 54.4 Å². The molecule has 5 aliphatic rings. The fraction of sp³-hybridized carbons (Fsp3) is 0.558.